The zero-order chi connectivity index (χ0) is 17.8. The van der Waals surface area contributed by atoms with Gasteiger partial charge in [0.15, 0.2) is 0 Å². The third kappa shape index (κ3) is 4.30. The van der Waals surface area contributed by atoms with E-state index in [-0.39, 0.29) is 18.3 Å². The molecule has 138 valence electrons. The number of benzene rings is 1. The van der Waals surface area contributed by atoms with Gasteiger partial charge in [-0.3, -0.25) is 9.48 Å². The molecule has 0 aliphatic carbocycles. The van der Waals surface area contributed by atoms with Crippen LogP contribution in [0.15, 0.2) is 55.1 Å². The highest BCUT2D eigenvalue weighted by Crippen LogP contribution is 2.16. The van der Waals surface area contributed by atoms with E-state index in [4.69, 9.17) is 0 Å². The van der Waals surface area contributed by atoms with E-state index in [2.05, 4.69) is 15.5 Å². The lowest BCUT2D eigenvalue weighted by Crippen LogP contribution is -2.37. The maximum Gasteiger partial charge on any atom is 0.244 e. The minimum atomic E-state index is -0.414. The predicted octanol–water partition coefficient (Wildman–Crippen LogP) is 1.95. The number of likely N-dealkylation sites (N-methyl/N-ethyl adjacent to an activating group) is 2. The van der Waals surface area contributed by atoms with Crippen LogP contribution in [-0.2, 0) is 18.4 Å². The fraction of sp³-hybridized carbons (Fsp3) is 0.278. The lowest BCUT2D eigenvalue weighted by molar-refractivity contribution is -0.132. The summed E-state index contributed by atoms with van der Waals surface area (Å²) >= 11 is 0. The first-order valence-corrected chi connectivity index (χ1v) is 8.08. The lowest BCUT2D eigenvalue weighted by atomic mass is 10.1. The van der Waals surface area contributed by atoms with Gasteiger partial charge in [0.1, 0.15) is 6.04 Å². The maximum atomic E-state index is 12.8. The smallest absolute Gasteiger partial charge is 0.244 e. The number of carbonyl (C=O) groups excluding carboxylic acids is 1. The molecule has 7 nitrogen and oxygen atoms in total. The average molecular weight is 375 g/mol. The average Bonchev–Trinajstić information content (AvgIpc) is 3.25. The molecule has 0 aliphatic heterocycles. The first-order valence-electron chi connectivity index (χ1n) is 8.08. The van der Waals surface area contributed by atoms with Crippen molar-refractivity contribution in [2.45, 2.75) is 12.6 Å². The number of aromatic nitrogens is 4. The summed E-state index contributed by atoms with van der Waals surface area (Å²) in [7, 11) is 5.40. The van der Waals surface area contributed by atoms with Gasteiger partial charge in [-0.25, -0.2) is 4.68 Å². The Labute approximate surface area is 159 Å². The normalized spacial score (nSPS) is 11.7. The van der Waals surface area contributed by atoms with Crippen LogP contribution >= 0.6 is 12.4 Å². The quantitative estimate of drug-likeness (QED) is 0.716. The second-order valence-electron chi connectivity index (χ2n) is 5.99. The van der Waals surface area contributed by atoms with E-state index in [1.807, 2.05) is 54.5 Å². The van der Waals surface area contributed by atoms with E-state index in [0.717, 1.165) is 16.8 Å². The highest BCUT2D eigenvalue weighted by atomic mass is 35.5. The second-order valence-corrected chi connectivity index (χ2v) is 5.99. The molecule has 1 amide bonds. The maximum absolute atomic E-state index is 12.8. The predicted molar refractivity (Wildman–Crippen MR) is 102 cm³/mol. The molecule has 1 atom stereocenters. The molecule has 1 unspecified atom stereocenters. The number of carbonyl (C=O) groups is 1. The monoisotopic (exact) mass is 374 g/mol. The molecule has 26 heavy (non-hydrogen) atoms. The molecular formula is C18H23ClN6O. The summed E-state index contributed by atoms with van der Waals surface area (Å²) in [6.07, 6.45) is 7.29. The van der Waals surface area contributed by atoms with Gasteiger partial charge in [-0.05, 0) is 19.2 Å². The molecule has 2 heterocycles. The Morgan fingerprint density at radius 1 is 1.19 bits per heavy atom. The molecule has 0 saturated heterocycles. The number of nitrogens with one attached hydrogen (secondary N) is 1. The summed E-state index contributed by atoms with van der Waals surface area (Å²) in [5, 5.41) is 11.6. The van der Waals surface area contributed by atoms with Gasteiger partial charge in [0.2, 0.25) is 5.91 Å². The fourth-order valence-electron chi connectivity index (χ4n) is 2.76. The van der Waals surface area contributed by atoms with Crippen molar-refractivity contribution in [3.63, 3.8) is 0 Å². The van der Waals surface area contributed by atoms with Crippen LogP contribution in [0, 0.1) is 0 Å². The zero-order valence-electron chi connectivity index (χ0n) is 15.0. The Kier molecular flexibility index (Phi) is 6.54. The summed E-state index contributed by atoms with van der Waals surface area (Å²) in [5.74, 6) is -0.0111. The third-order valence-electron chi connectivity index (χ3n) is 4.05. The topological polar surface area (TPSA) is 68.0 Å². The van der Waals surface area contributed by atoms with Crippen molar-refractivity contribution in [2.24, 2.45) is 7.05 Å². The van der Waals surface area contributed by atoms with Gasteiger partial charge in [0.05, 0.1) is 18.1 Å². The van der Waals surface area contributed by atoms with Crippen LogP contribution in [0.5, 0.6) is 0 Å². The highest BCUT2D eigenvalue weighted by molar-refractivity contribution is 5.85. The Bertz CT molecular complexity index is 844. The SMILES string of the molecule is CNC(C(=O)N(C)Cc1cnn(-c2ccccc2)c1)c1cnn(C)c1.Cl. The van der Waals surface area contributed by atoms with Crippen molar-refractivity contribution < 1.29 is 4.79 Å². The van der Waals surface area contributed by atoms with E-state index in [9.17, 15) is 4.79 Å². The molecule has 0 spiro atoms. The number of halogens is 1. The molecule has 0 aliphatic rings. The van der Waals surface area contributed by atoms with Gasteiger partial charge in [-0.1, -0.05) is 18.2 Å². The van der Waals surface area contributed by atoms with E-state index < -0.39 is 6.04 Å². The van der Waals surface area contributed by atoms with Crippen LogP contribution < -0.4 is 5.32 Å². The molecule has 0 bridgehead atoms. The van der Waals surface area contributed by atoms with Crippen molar-refractivity contribution in [3.8, 4) is 5.69 Å². The highest BCUT2D eigenvalue weighted by Gasteiger charge is 2.23. The number of aryl methyl sites for hydroxylation is 1. The standard InChI is InChI=1S/C18H22N6O.ClH/c1-19-17(15-10-20-23(3)13-15)18(25)22(2)11-14-9-21-24(12-14)16-7-5-4-6-8-16;/h4-10,12-13,17,19H,11H2,1-3H3;1H. The van der Waals surface area contributed by atoms with E-state index in [1.165, 1.54) is 0 Å². The minimum absolute atomic E-state index is 0. The van der Waals surface area contributed by atoms with Crippen LogP contribution in [0.2, 0.25) is 0 Å². The number of rotatable bonds is 6. The number of hydrogen-bond donors (Lipinski definition) is 1. The Morgan fingerprint density at radius 2 is 1.92 bits per heavy atom. The van der Waals surface area contributed by atoms with Crippen LogP contribution in [0.25, 0.3) is 5.69 Å². The first kappa shape index (κ1) is 19.7. The number of amides is 1. The molecule has 0 fully saturated rings. The van der Waals surface area contributed by atoms with Gasteiger partial charge in [0, 0.05) is 44.2 Å². The largest absolute Gasteiger partial charge is 0.340 e. The number of hydrogen-bond acceptors (Lipinski definition) is 4. The minimum Gasteiger partial charge on any atom is -0.340 e. The summed E-state index contributed by atoms with van der Waals surface area (Å²) in [6, 6.07) is 9.48. The summed E-state index contributed by atoms with van der Waals surface area (Å²) in [5.41, 5.74) is 2.81. The van der Waals surface area contributed by atoms with Crippen LogP contribution in [-0.4, -0.2) is 44.5 Å². The van der Waals surface area contributed by atoms with Crippen molar-refractivity contribution in [1.82, 2.24) is 29.8 Å². The molecule has 3 aromatic rings. The Balaban J connectivity index is 0.00000243. The van der Waals surface area contributed by atoms with E-state index in [0.29, 0.717) is 6.54 Å². The van der Waals surface area contributed by atoms with Gasteiger partial charge >= 0.3 is 0 Å². The molecule has 0 saturated carbocycles. The third-order valence-corrected chi connectivity index (χ3v) is 4.05. The second kappa shape index (κ2) is 8.64. The zero-order valence-corrected chi connectivity index (χ0v) is 15.8. The van der Waals surface area contributed by atoms with Crippen LogP contribution in [0.1, 0.15) is 17.2 Å². The number of para-hydroxylation sites is 1. The summed E-state index contributed by atoms with van der Waals surface area (Å²) < 4.78 is 3.50. The molecule has 0 radical (unpaired) electrons. The van der Waals surface area contributed by atoms with Gasteiger partial charge in [-0.15, -0.1) is 12.4 Å². The molecule has 2 aromatic heterocycles. The van der Waals surface area contributed by atoms with Crippen molar-refractivity contribution in [3.05, 3.63) is 66.2 Å². The Hall–Kier alpha value is -2.64. The Morgan fingerprint density at radius 3 is 2.54 bits per heavy atom. The molecule has 1 aromatic carbocycles. The van der Waals surface area contributed by atoms with Crippen LogP contribution in [0.3, 0.4) is 0 Å². The van der Waals surface area contributed by atoms with E-state index >= 15 is 0 Å². The summed E-state index contributed by atoms with van der Waals surface area (Å²) in [6.45, 7) is 0.490. The van der Waals surface area contributed by atoms with Crippen molar-refractivity contribution >= 4 is 18.3 Å². The fourth-order valence-corrected chi connectivity index (χ4v) is 2.76. The molecule has 8 heteroatoms. The molecular weight excluding hydrogens is 352 g/mol. The molecule has 1 N–H and O–H groups in total. The van der Waals surface area contributed by atoms with Gasteiger partial charge < -0.3 is 10.2 Å². The van der Waals surface area contributed by atoms with Crippen molar-refractivity contribution in [1.29, 1.82) is 0 Å². The van der Waals surface area contributed by atoms with Gasteiger partial charge in [0.25, 0.3) is 0 Å². The van der Waals surface area contributed by atoms with Gasteiger partial charge in [-0.2, -0.15) is 10.2 Å². The lowest BCUT2D eigenvalue weighted by Gasteiger charge is -2.22. The van der Waals surface area contributed by atoms with E-state index in [1.54, 1.807) is 36.1 Å². The van der Waals surface area contributed by atoms with Crippen molar-refractivity contribution in [2.75, 3.05) is 14.1 Å². The number of nitrogens with zero attached hydrogens (tertiary/aromatic N) is 5. The molecule has 3 rings (SSSR count). The van der Waals surface area contributed by atoms with Crippen LogP contribution in [0.4, 0.5) is 0 Å². The first-order chi connectivity index (χ1) is 12.1. The summed E-state index contributed by atoms with van der Waals surface area (Å²) in [4.78, 5) is 14.5.